The first kappa shape index (κ1) is 16.6. The molecule has 2 heterocycles. The van der Waals surface area contributed by atoms with Gasteiger partial charge in [-0.3, -0.25) is 4.79 Å². The Labute approximate surface area is 149 Å². The molecule has 2 aromatic rings. The van der Waals surface area contributed by atoms with Crippen LogP contribution in [-0.2, 0) is 11.3 Å². The van der Waals surface area contributed by atoms with Crippen LogP contribution in [0, 0.1) is 5.82 Å². The van der Waals surface area contributed by atoms with Crippen LogP contribution in [0.25, 0.3) is 0 Å². The van der Waals surface area contributed by atoms with E-state index in [-0.39, 0.29) is 18.5 Å². The molecule has 1 saturated heterocycles. The standard InChI is InChI=1S/C17H18FN5O3/c18-11-2-4-12(5-3-11)20-16-15(21-23-22-16)17(24)19-8-10-1-6-13-14(7-10)26-9-25-13/h1-7,15-16,20-23H,8-9H2,(H,19,24). The van der Waals surface area contributed by atoms with Crippen molar-refractivity contribution in [3.8, 4) is 11.5 Å². The van der Waals surface area contributed by atoms with Gasteiger partial charge in [0, 0.05) is 12.2 Å². The first-order chi connectivity index (χ1) is 12.7. The highest BCUT2D eigenvalue weighted by molar-refractivity contribution is 5.83. The number of hydrazine groups is 2. The van der Waals surface area contributed by atoms with Crippen LogP contribution in [0.3, 0.4) is 0 Å². The third-order valence-corrected chi connectivity index (χ3v) is 4.14. The molecule has 2 aromatic carbocycles. The maximum absolute atomic E-state index is 13.0. The van der Waals surface area contributed by atoms with Crippen molar-refractivity contribution in [2.24, 2.45) is 0 Å². The van der Waals surface area contributed by atoms with Crippen LogP contribution >= 0.6 is 0 Å². The van der Waals surface area contributed by atoms with Crippen molar-refractivity contribution < 1.29 is 18.7 Å². The van der Waals surface area contributed by atoms with Gasteiger partial charge >= 0.3 is 0 Å². The van der Waals surface area contributed by atoms with Gasteiger partial charge in [-0.05, 0) is 42.0 Å². The van der Waals surface area contributed by atoms with Crippen LogP contribution in [0.15, 0.2) is 42.5 Å². The maximum atomic E-state index is 13.0. The summed E-state index contributed by atoms with van der Waals surface area (Å²) in [5.41, 5.74) is 10.1. The average Bonchev–Trinajstić information content (AvgIpc) is 3.30. The molecule has 1 fully saturated rings. The fourth-order valence-corrected chi connectivity index (χ4v) is 2.78. The summed E-state index contributed by atoms with van der Waals surface area (Å²) in [5, 5.41) is 6.01. The number of carbonyl (C=O) groups excluding carboxylic acids is 1. The van der Waals surface area contributed by atoms with Crippen molar-refractivity contribution in [3.05, 3.63) is 53.8 Å². The number of anilines is 1. The molecule has 8 nitrogen and oxygen atoms in total. The number of ether oxygens (including phenoxy) is 2. The second-order valence-electron chi connectivity index (χ2n) is 5.93. The van der Waals surface area contributed by atoms with Crippen molar-refractivity contribution in [3.63, 3.8) is 0 Å². The fourth-order valence-electron chi connectivity index (χ4n) is 2.78. The summed E-state index contributed by atoms with van der Waals surface area (Å²) >= 11 is 0. The van der Waals surface area contributed by atoms with E-state index in [4.69, 9.17) is 9.47 Å². The lowest BCUT2D eigenvalue weighted by Gasteiger charge is -2.20. The number of carbonyl (C=O) groups is 1. The summed E-state index contributed by atoms with van der Waals surface area (Å²) in [5.74, 6) is 0.869. The van der Waals surface area contributed by atoms with Crippen molar-refractivity contribution in [2.75, 3.05) is 12.1 Å². The number of rotatable bonds is 5. The van der Waals surface area contributed by atoms with E-state index in [9.17, 15) is 9.18 Å². The molecule has 0 spiro atoms. The smallest absolute Gasteiger partial charge is 0.242 e. The van der Waals surface area contributed by atoms with E-state index >= 15 is 0 Å². The summed E-state index contributed by atoms with van der Waals surface area (Å²) in [6.07, 6.45) is -0.405. The molecular formula is C17H18FN5O3. The lowest BCUT2D eigenvalue weighted by atomic mass is 10.1. The van der Waals surface area contributed by atoms with E-state index in [1.165, 1.54) is 12.1 Å². The van der Waals surface area contributed by atoms with Gasteiger partial charge in [0.05, 0.1) is 0 Å². The Bertz CT molecular complexity index is 801. The summed E-state index contributed by atoms with van der Waals surface area (Å²) in [6.45, 7) is 0.572. The Morgan fingerprint density at radius 2 is 1.92 bits per heavy atom. The molecule has 0 aromatic heterocycles. The predicted molar refractivity (Wildman–Crippen MR) is 91.4 cm³/mol. The minimum atomic E-state index is -0.561. The zero-order valence-electron chi connectivity index (χ0n) is 13.7. The molecule has 2 unspecified atom stereocenters. The van der Waals surface area contributed by atoms with Gasteiger partial charge < -0.3 is 20.1 Å². The molecule has 136 valence electrons. The third kappa shape index (κ3) is 3.54. The maximum Gasteiger partial charge on any atom is 0.242 e. The van der Waals surface area contributed by atoms with Gasteiger partial charge in [0.1, 0.15) is 18.0 Å². The SMILES string of the molecule is O=C(NCc1ccc2c(c1)OCO2)C1NNNC1Nc1ccc(F)cc1. The van der Waals surface area contributed by atoms with Gasteiger partial charge in [0.25, 0.3) is 0 Å². The number of hydrogen-bond acceptors (Lipinski definition) is 7. The van der Waals surface area contributed by atoms with E-state index in [0.717, 1.165) is 5.56 Å². The molecule has 2 aliphatic heterocycles. The summed E-state index contributed by atoms with van der Waals surface area (Å²) in [7, 11) is 0. The van der Waals surface area contributed by atoms with E-state index < -0.39 is 12.2 Å². The number of hydrogen-bond donors (Lipinski definition) is 5. The minimum Gasteiger partial charge on any atom is -0.454 e. The lowest BCUT2D eigenvalue weighted by Crippen LogP contribution is -2.50. The van der Waals surface area contributed by atoms with E-state index in [2.05, 4.69) is 27.0 Å². The Morgan fingerprint density at radius 1 is 1.12 bits per heavy atom. The summed E-state index contributed by atoms with van der Waals surface area (Å²) < 4.78 is 23.6. The van der Waals surface area contributed by atoms with Gasteiger partial charge in [-0.2, -0.15) is 5.53 Å². The van der Waals surface area contributed by atoms with E-state index in [1.807, 2.05) is 18.2 Å². The molecular weight excluding hydrogens is 341 g/mol. The van der Waals surface area contributed by atoms with Gasteiger partial charge in [0.15, 0.2) is 11.5 Å². The Hall–Kier alpha value is -2.88. The van der Waals surface area contributed by atoms with E-state index in [0.29, 0.717) is 23.7 Å². The molecule has 5 N–H and O–H groups in total. The number of halogens is 1. The van der Waals surface area contributed by atoms with Gasteiger partial charge in [-0.1, -0.05) is 6.07 Å². The van der Waals surface area contributed by atoms with Gasteiger partial charge in [0.2, 0.25) is 12.7 Å². The highest BCUT2D eigenvalue weighted by atomic mass is 19.1. The van der Waals surface area contributed by atoms with Crippen LogP contribution in [-0.4, -0.2) is 24.9 Å². The molecule has 0 aliphatic carbocycles. The highest BCUT2D eigenvalue weighted by Crippen LogP contribution is 2.32. The highest BCUT2D eigenvalue weighted by Gasteiger charge is 2.32. The van der Waals surface area contributed by atoms with E-state index in [1.54, 1.807) is 12.1 Å². The van der Waals surface area contributed by atoms with Gasteiger partial charge in [-0.15, -0.1) is 0 Å². The zero-order valence-corrected chi connectivity index (χ0v) is 13.7. The lowest BCUT2D eigenvalue weighted by molar-refractivity contribution is -0.123. The zero-order chi connectivity index (χ0) is 17.9. The fraction of sp³-hybridized carbons (Fsp3) is 0.235. The first-order valence-electron chi connectivity index (χ1n) is 8.13. The van der Waals surface area contributed by atoms with Crippen LogP contribution in [0.4, 0.5) is 10.1 Å². The number of benzene rings is 2. The Morgan fingerprint density at radius 3 is 2.77 bits per heavy atom. The molecule has 0 radical (unpaired) electrons. The molecule has 9 heteroatoms. The first-order valence-corrected chi connectivity index (χ1v) is 8.13. The van der Waals surface area contributed by atoms with Crippen molar-refractivity contribution in [1.82, 2.24) is 21.7 Å². The van der Waals surface area contributed by atoms with Crippen LogP contribution < -0.4 is 36.5 Å². The minimum absolute atomic E-state index is 0.195. The number of amides is 1. The van der Waals surface area contributed by atoms with Crippen LogP contribution in [0.1, 0.15) is 5.56 Å². The van der Waals surface area contributed by atoms with Crippen molar-refractivity contribution in [2.45, 2.75) is 18.8 Å². The largest absolute Gasteiger partial charge is 0.454 e. The van der Waals surface area contributed by atoms with Crippen molar-refractivity contribution in [1.29, 1.82) is 0 Å². The second-order valence-corrected chi connectivity index (χ2v) is 5.93. The third-order valence-electron chi connectivity index (χ3n) is 4.14. The molecule has 26 heavy (non-hydrogen) atoms. The van der Waals surface area contributed by atoms with Crippen LogP contribution in [0.5, 0.6) is 11.5 Å². The molecule has 0 saturated carbocycles. The van der Waals surface area contributed by atoms with Gasteiger partial charge in [-0.25, -0.2) is 15.2 Å². The number of nitrogens with one attached hydrogen (secondary N) is 5. The summed E-state index contributed by atoms with van der Waals surface area (Å²) in [6, 6.07) is 10.9. The predicted octanol–water partition coefficient (Wildman–Crippen LogP) is 0.590. The summed E-state index contributed by atoms with van der Waals surface area (Å²) in [4.78, 5) is 12.5. The number of fused-ring (bicyclic) bond motifs is 1. The average molecular weight is 359 g/mol. The van der Waals surface area contributed by atoms with Crippen LogP contribution in [0.2, 0.25) is 0 Å². The normalized spacial score (nSPS) is 20.8. The molecule has 2 atom stereocenters. The molecule has 2 aliphatic rings. The molecule has 4 rings (SSSR count). The Kier molecular flexibility index (Phi) is 4.57. The topological polar surface area (TPSA) is 95.7 Å². The second kappa shape index (κ2) is 7.16. The molecule has 0 bridgehead atoms. The quantitative estimate of drug-likeness (QED) is 0.533. The van der Waals surface area contributed by atoms with Crippen molar-refractivity contribution >= 4 is 11.6 Å². The Balaban J connectivity index is 1.35. The molecule has 1 amide bonds. The monoisotopic (exact) mass is 359 g/mol.